The van der Waals surface area contributed by atoms with Gasteiger partial charge in [-0.25, -0.2) is 19.5 Å². The number of imidazole rings is 1. The molecule has 0 amide bonds. The van der Waals surface area contributed by atoms with Gasteiger partial charge in [-0.15, -0.1) is 0 Å². The molecule has 0 aliphatic carbocycles. The molecule has 4 N–H and O–H groups in total. The number of ether oxygens (including phenoxy) is 1. The molecule has 4 rings (SSSR count). The van der Waals surface area contributed by atoms with E-state index in [1.165, 1.54) is 10.9 Å². The van der Waals surface area contributed by atoms with Crippen molar-refractivity contribution in [2.75, 3.05) is 12.3 Å². The lowest BCUT2D eigenvalue weighted by Crippen LogP contribution is -2.39. The zero-order valence-corrected chi connectivity index (χ0v) is 13.0. The molecule has 23 heavy (non-hydrogen) atoms. The quantitative estimate of drug-likeness (QED) is 0.459. The number of hydrogen-bond donors (Lipinski definition) is 3. The molecule has 13 heteroatoms. The molecular weight excluding hydrogens is 353 g/mol. The number of nitrogens with zero attached hydrogens (tertiary/aromatic N) is 4. The van der Waals surface area contributed by atoms with Gasteiger partial charge in [-0.1, -0.05) is 0 Å². The second-order valence-electron chi connectivity index (χ2n) is 5.07. The molecule has 0 bridgehead atoms. The number of phosphoric acid groups is 1. The average Bonchev–Trinajstić information content (AvgIpc) is 2.97. The maximum absolute atomic E-state index is 11.5. The van der Waals surface area contributed by atoms with Crippen LogP contribution in [0.4, 0.5) is 5.82 Å². The molecule has 0 radical (unpaired) electrons. The van der Waals surface area contributed by atoms with Gasteiger partial charge in [-0.3, -0.25) is 13.6 Å². The lowest BCUT2D eigenvalue weighted by atomic mass is 10.1. The van der Waals surface area contributed by atoms with Crippen molar-refractivity contribution in [3.05, 3.63) is 11.6 Å². The van der Waals surface area contributed by atoms with Crippen LogP contribution in [0, 0.1) is 0 Å². The molecule has 124 valence electrons. The largest absolute Gasteiger partial charge is 0.472 e. The monoisotopic (exact) mass is 363 g/mol. The second kappa shape index (κ2) is 5.08. The van der Waals surface area contributed by atoms with E-state index in [0.717, 1.165) is 0 Å². The number of aliphatic hydroxyl groups excluding tert-OH is 1. The van der Waals surface area contributed by atoms with E-state index < -0.39 is 32.4 Å². The standard InChI is InChI=1S/C10H11ClN5O6P/c11-10-15-4-7(12)13-2-14-8(4)16(10)9-5(17)6-3(21-9)1-20-23(18,19)22-6/h2-3,5-6,9,17H,1H2,(H,18,19)(H2,12,13,14)/t3-,5+,6+,9-/m1/s1. The van der Waals surface area contributed by atoms with Crippen LogP contribution in [-0.2, 0) is 18.3 Å². The van der Waals surface area contributed by atoms with E-state index in [9.17, 15) is 14.6 Å². The second-order valence-corrected chi connectivity index (χ2v) is 6.82. The first-order chi connectivity index (χ1) is 10.9. The number of nitrogens with two attached hydrogens (primary N) is 1. The molecule has 2 aromatic rings. The Bertz CT molecular complexity index is 831. The predicted molar refractivity (Wildman–Crippen MR) is 75.3 cm³/mol. The van der Waals surface area contributed by atoms with E-state index in [4.69, 9.17) is 26.6 Å². The van der Waals surface area contributed by atoms with Gasteiger partial charge < -0.3 is 20.5 Å². The topological polar surface area (TPSA) is 155 Å². The molecule has 0 spiro atoms. The molecule has 2 aromatic heterocycles. The van der Waals surface area contributed by atoms with Crippen LogP contribution in [0.25, 0.3) is 11.2 Å². The molecule has 2 aliphatic heterocycles. The Kier molecular flexibility index (Phi) is 3.36. The summed E-state index contributed by atoms with van der Waals surface area (Å²) in [5.74, 6) is 0.125. The van der Waals surface area contributed by atoms with E-state index in [-0.39, 0.29) is 28.9 Å². The first-order valence-corrected chi connectivity index (χ1v) is 8.38. The number of hydrogen-bond acceptors (Lipinski definition) is 9. The zero-order valence-electron chi connectivity index (χ0n) is 11.3. The van der Waals surface area contributed by atoms with Crippen LogP contribution in [-0.4, -0.2) is 54.4 Å². The Morgan fingerprint density at radius 1 is 1.48 bits per heavy atom. The molecule has 0 saturated carbocycles. The first-order valence-electron chi connectivity index (χ1n) is 6.50. The average molecular weight is 364 g/mol. The fraction of sp³-hybridized carbons (Fsp3) is 0.500. The van der Waals surface area contributed by atoms with Crippen molar-refractivity contribution < 1.29 is 28.3 Å². The predicted octanol–water partition coefficient (Wildman–Crippen LogP) is -0.164. The lowest BCUT2D eigenvalue weighted by molar-refractivity contribution is -0.0663. The van der Waals surface area contributed by atoms with Crippen molar-refractivity contribution in [2.45, 2.75) is 24.5 Å². The van der Waals surface area contributed by atoms with Crippen molar-refractivity contribution in [3.63, 3.8) is 0 Å². The molecular formula is C10H11ClN5O6P. The van der Waals surface area contributed by atoms with Crippen molar-refractivity contribution >= 4 is 36.4 Å². The summed E-state index contributed by atoms with van der Waals surface area (Å²) < 4.78 is 28.0. The Morgan fingerprint density at radius 2 is 2.26 bits per heavy atom. The third kappa shape index (κ3) is 2.32. The van der Waals surface area contributed by atoms with Gasteiger partial charge in [0.15, 0.2) is 23.2 Å². The maximum Gasteiger partial charge on any atom is 0.472 e. The van der Waals surface area contributed by atoms with Crippen molar-refractivity contribution in [1.29, 1.82) is 0 Å². The molecule has 2 saturated heterocycles. The summed E-state index contributed by atoms with van der Waals surface area (Å²) >= 11 is 6.10. The highest BCUT2D eigenvalue weighted by Crippen LogP contribution is 2.52. The molecule has 5 atom stereocenters. The van der Waals surface area contributed by atoms with Crippen molar-refractivity contribution in [3.8, 4) is 0 Å². The molecule has 1 unspecified atom stereocenters. The molecule has 11 nitrogen and oxygen atoms in total. The van der Waals surface area contributed by atoms with E-state index in [1.54, 1.807) is 0 Å². The SMILES string of the molecule is Nc1ncnc2c1nc(Cl)n2[C@@H]1O[C@@H]2COP(=O)(O)O[C@@H]2[C@@H]1O. The Morgan fingerprint density at radius 3 is 3.04 bits per heavy atom. The summed E-state index contributed by atoms with van der Waals surface area (Å²) in [6.45, 7) is -0.201. The highest BCUT2D eigenvalue weighted by molar-refractivity contribution is 7.47. The smallest absolute Gasteiger partial charge is 0.386 e. The zero-order chi connectivity index (χ0) is 16.4. The number of nitrogen functional groups attached to an aromatic ring is 1. The minimum absolute atomic E-state index is 0.0250. The van der Waals surface area contributed by atoms with Gasteiger partial charge in [0.25, 0.3) is 0 Å². The molecule has 2 fully saturated rings. The fourth-order valence-electron chi connectivity index (χ4n) is 2.67. The van der Waals surface area contributed by atoms with Crippen LogP contribution < -0.4 is 5.73 Å². The maximum atomic E-state index is 11.5. The Hall–Kier alpha value is -1.33. The highest BCUT2D eigenvalue weighted by atomic mass is 35.5. The highest BCUT2D eigenvalue weighted by Gasteiger charge is 2.53. The number of halogens is 1. The first kappa shape index (κ1) is 15.2. The fourth-order valence-corrected chi connectivity index (χ4v) is 3.90. The van der Waals surface area contributed by atoms with Crippen LogP contribution in [0.2, 0.25) is 5.28 Å². The number of anilines is 1. The number of fused-ring (bicyclic) bond motifs is 2. The van der Waals surface area contributed by atoms with E-state index in [0.29, 0.717) is 0 Å². The summed E-state index contributed by atoms with van der Waals surface area (Å²) in [6.07, 6.45) is -2.87. The van der Waals surface area contributed by atoms with Gasteiger partial charge in [0.05, 0.1) is 6.61 Å². The van der Waals surface area contributed by atoms with Crippen LogP contribution in [0.1, 0.15) is 6.23 Å². The number of aromatic nitrogens is 4. The van der Waals surface area contributed by atoms with Gasteiger partial charge in [0, 0.05) is 0 Å². The number of phosphoric ester groups is 1. The molecule has 2 aliphatic rings. The Balaban J connectivity index is 1.76. The van der Waals surface area contributed by atoms with Crippen LogP contribution in [0.3, 0.4) is 0 Å². The summed E-state index contributed by atoms with van der Waals surface area (Å²) in [5, 5.41) is 10.4. The lowest BCUT2D eigenvalue weighted by Gasteiger charge is -2.27. The summed E-state index contributed by atoms with van der Waals surface area (Å²) in [6, 6.07) is 0. The third-order valence-corrected chi connectivity index (χ3v) is 4.93. The normalized spacial score (nSPS) is 37.2. The van der Waals surface area contributed by atoms with Gasteiger partial charge in [0.2, 0.25) is 5.28 Å². The van der Waals surface area contributed by atoms with E-state index >= 15 is 0 Å². The van der Waals surface area contributed by atoms with Crippen LogP contribution in [0.15, 0.2) is 6.33 Å². The van der Waals surface area contributed by atoms with Gasteiger partial charge in [0.1, 0.15) is 24.6 Å². The van der Waals surface area contributed by atoms with Crippen molar-refractivity contribution in [1.82, 2.24) is 19.5 Å². The summed E-state index contributed by atoms with van der Waals surface area (Å²) in [5.41, 5.74) is 6.24. The van der Waals surface area contributed by atoms with Gasteiger partial charge in [-0.05, 0) is 11.6 Å². The third-order valence-electron chi connectivity index (χ3n) is 3.68. The summed E-state index contributed by atoms with van der Waals surface area (Å²) in [4.78, 5) is 21.3. The van der Waals surface area contributed by atoms with E-state index in [1.807, 2.05) is 0 Å². The Labute approximate surface area is 133 Å². The number of aliphatic hydroxyl groups is 1. The molecule has 0 aromatic carbocycles. The molecule has 4 heterocycles. The van der Waals surface area contributed by atoms with Gasteiger partial charge in [-0.2, -0.15) is 0 Å². The minimum atomic E-state index is -4.21. The summed E-state index contributed by atoms with van der Waals surface area (Å²) in [7, 11) is -4.21. The van der Waals surface area contributed by atoms with Crippen LogP contribution in [0.5, 0.6) is 0 Å². The van der Waals surface area contributed by atoms with Gasteiger partial charge >= 0.3 is 7.82 Å². The van der Waals surface area contributed by atoms with Crippen LogP contribution >= 0.6 is 19.4 Å². The number of rotatable bonds is 1. The van der Waals surface area contributed by atoms with Crippen molar-refractivity contribution in [2.24, 2.45) is 0 Å². The van der Waals surface area contributed by atoms with E-state index in [2.05, 4.69) is 19.5 Å². The minimum Gasteiger partial charge on any atom is -0.386 e.